The smallest absolute Gasteiger partial charge is 0.266 e. The molecule has 4 aromatic rings. The number of ether oxygens (including phenoxy) is 2. The number of aldehydes is 1. The Morgan fingerprint density at radius 2 is 1.27 bits per heavy atom. The predicted molar refractivity (Wildman–Crippen MR) is 168 cm³/mol. The Balaban J connectivity index is 1.33. The number of nitrogens with zero attached hydrogens (tertiary/aromatic N) is 2. The van der Waals surface area contributed by atoms with Crippen molar-refractivity contribution in [1.82, 2.24) is 4.90 Å². The first-order chi connectivity index (χ1) is 20.9. The molecule has 0 bridgehead atoms. The summed E-state index contributed by atoms with van der Waals surface area (Å²) in [5.74, 6) is 1.06. The lowest BCUT2D eigenvalue weighted by molar-refractivity contribution is 0.0652. The number of benzene rings is 4. The molecule has 0 saturated heterocycles. The lowest BCUT2D eigenvalue weighted by Gasteiger charge is -2.32. The topological polar surface area (TPSA) is 93.2 Å². The molecule has 1 heterocycles. The molecular formula is C36H34N2O6. The number of hydrogen-bond acceptors (Lipinski definition) is 6. The minimum Gasteiger partial charge on any atom is -0.457 e. The van der Waals surface area contributed by atoms with Crippen LogP contribution in [-0.4, -0.2) is 41.5 Å². The van der Waals surface area contributed by atoms with E-state index in [2.05, 4.69) is 13.8 Å². The van der Waals surface area contributed by atoms with Crippen molar-refractivity contribution >= 4 is 29.7 Å². The summed E-state index contributed by atoms with van der Waals surface area (Å²) in [6.45, 7) is 9.94. The van der Waals surface area contributed by atoms with Crippen molar-refractivity contribution < 1.29 is 28.7 Å². The fourth-order valence-corrected chi connectivity index (χ4v) is 4.75. The number of imide groups is 1. The van der Waals surface area contributed by atoms with Crippen LogP contribution < -0.4 is 14.4 Å². The zero-order chi connectivity index (χ0) is 31.8. The number of hydrogen-bond donors (Lipinski definition) is 0. The number of anilines is 1. The summed E-state index contributed by atoms with van der Waals surface area (Å²) in [5, 5.41) is 0. The van der Waals surface area contributed by atoms with E-state index in [9.17, 15) is 19.2 Å². The van der Waals surface area contributed by atoms with Crippen LogP contribution in [0.2, 0.25) is 0 Å². The van der Waals surface area contributed by atoms with Gasteiger partial charge in [-0.05, 0) is 105 Å². The summed E-state index contributed by atoms with van der Waals surface area (Å²) < 4.78 is 11.9. The highest BCUT2D eigenvalue weighted by atomic mass is 16.5. The molecule has 1 aliphatic heterocycles. The van der Waals surface area contributed by atoms with Crippen LogP contribution in [0.15, 0.2) is 84.9 Å². The summed E-state index contributed by atoms with van der Waals surface area (Å²) >= 11 is 0. The maximum Gasteiger partial charge on any atom is 0.266 e. The van der Waals surface area contributed by atoms with Gasteiger partial charge in [0.25, 0.3) is 17.7 Å². The predicted octanol–water partition coefficient (Wildman–Crippen LogP) is 7.88. The van der Waals surface area contributed by atoms with E-state index < -0.39 is 17.4 Å². The average Bonchev–Trinajstić information content (AvgIpc) is 3.25. The van der Waals surface area contributed by atoms with Gasteiger partial charge in [0, 0.05) is 18.2 Å². The van der Waals surface area contributed by atoms with Crippen LogP contribution in [0.4, 0.5) is 5.69 Å². The zero-order valence-corrected chi connectivity index (χ0v) is 25.6. The largest absolute Gasteiger partial charge is 0.457 e. The molecule has 0 saturated carbocycles. The molecule has 4 aromatic carbocycles. The van der Waals surface area contributed by atoms with Crippen molar-refractivity contribution in [1.29, 1.82) is 0 Å². The maximum absolute atomic E-state index is 13.4. The van der Waals surface area contributed by atoms with Gasteiger partial charge in [0.05, 0.1) is 22.4 Å². The fraction of sp³-hybridized carbons (Fsp3) is 0.222. The van der Waals surface area contributed by atoms with Crippen molar-refractivity contribution in [3.05, 3.63) is 113 Å². The summed E-state index contributed by atoms with van der Waals surface area (Å²) in [4.78, 5) is 54.1. The Morgan fingerprint density at radius 3 is 1.86 bits per heavy atom. The van der Waals surface area contributed by atoms with Crippen LogP contribution in [0.3, 0.4) is 0 Å². The van der Waals surface area contributed by atoms with E-state index in [-0.39, 0.29) is 28.2 Å². The first-order valence-corrected chi connectivity index (χ1v) is 14.3. The molecule has 44 heavy (non-hydrogen) atoms. The normalized spacial score (nSPS) is 12.8. The summed E-state index contributed by atoms with van der Waals surface area (Å²) in [6.07, 6.45) is 0.629. The van der Waals surface area contributed by atoms with Gasteiger partial charge in [-0.25, -0.2) is 4.90 Å². The quantitative estimate of drug-likeness (QED) is 0.153. The second kappa shape index (κ2) is 11.8. The Kier molecular flexibility index (Phi) is 8.11. The van der Waals surface area contributed by atoms with Gasteiger partial charge in [0.15, 0.2) is 6.29 Å². The zero-order valence-electron chi connectivity index (χ0n) is 25.6. The molecule has 0 spiro atoms. The second-order valence-corrected chi connectivity index (χ2v) is 12.0. The first kappa shape index (κ1) is 30.2. The molecule has 224 valence electrons. The number of fused-ring (bicyclic) bond motifs is 1. The van der Waals surface area contributed by atoms with E-state index in [1.807, 2.05) is 45.0 Å². The first-order valence-electron chi connectivity index (χ1n) is 14.3. The van der Waals surface area contributed by atoms with Gasteiger partial charge in [-0.2, -0.15) is 0 Å². The second-order valence-electron chi connectivity index (χ2n) is 12.0. The molecule has 1 aliphatic rings. The van der Waals surface area contributed by atoms with Crippen LogP contribution in [0.5, 0.6) is 23.0 Å². The third kappa shape index (κ3) is 5.97. The third-order valence-electron chi connectivity index (χ3n) is 7.66. The van der Waals surface area contributed by atoms with Crippen LogP contribution >= 0.6 is 0 Å². The standard InChI is InChI=1S/C36H34N2O6/c1-22(2)23-7-12-26(13-8-23)43-27-15-10-25(11-16-27)38-34(41)30-18-17-29(20-32(30)35(38)42)44-28-14-9-24(21-39)31(19-28)33(40)37(6)36(3,4)5/h7-22H,1-6H3. The molecule has 8 nitrogen and oxygen atoms in total. The maximum atomic E-state index is 13.4. The van der Waals surface area contributed by atoms with Crippen molar-refractivity contribution in [3.63, 3.8) is 0 Å². The SMILES string of the molecule is CC(C)c1ccc(Oc2ccc(N3C(=O)c4ccc(Oc5ccc(C=O)c(C(=O)N(C)C(C)(C)C)c5)cc4C3=O)cc2)cc1. The molecule has 0 atom stereocenters. The molecular weight excluding hydrogens is 556 g/mol. The van der Waals surface area contributed by atoms with Crippen molar-refractivity contribution in [2.75, 3.05) is 11.9 Å². The number of carbonyl (C=O) groups excluding carboxylic acids is 4. The Labute approximate surface area is 256 Å². The monoisotopic (exact) mass is 590 g/mol. The Bertz CT molecular complexity index is 1750. The van der Waals surface area contributed by atoms with Crippen LogP contribution in [-0.2, 0) is 0 Å². The Morgan fingerprint density at radius 1 is 0.750 bits per heavy atom. The van der Waals surface area contributed by atoms with Gasteiger partial charge in [-0.1, -0.05) is 26.0 Å². The molecule has 0 aromatic heterocycles. The molecule has 5 rings (SSSR count). The highest BCUT2D eigenvalue weighted by molar-refractivity contribution is 6.34. The molecule has 0 N–H and O–H groups in total. The highest BCUT2D eigenvalue weighted by Crippen LogP contribution is 2.34. The van der Waals surface area contributed by atoms with Crippen molar-refractivity contribution in [2.45, 2.75) is 46.1 Å². The molecule has 0 unspecified atom stereocenters. The summed E-state index contributed by atoms with van der Waals surface area (Å²) in [5.41, 5.74) is 2.07. The fourth-order valence-electron chi connectivity index (χ4n) is 4.75. The van der Waals surface area contributed by atoms with E-state index >= 15 is 0 Å². The lowest BCUT2D eigenvalue weighted by atomic mass is 10.0. The van der Waals surface area contributed by atoms with E-state index in [4.69, 9.17) is 9.47 Å². The summed E-state index contributed by atoms with van der Waals surface area (Å²) in [7, 11) is 1.67. The van der Waals surface area contributed by atoms with Gasteiger partial charge in [0.1, 0.15) is 23.0 Å². The molecule has 3 amide bonds. The van der Waals surface area contributed by atoms with Crippen molar-refractivity contribution in [2.24, 2.45) is 0 Å². The van der Waals surface area contributed by atoms with E-state index in [1.54, 1.807) is 54.4 Å². The number of rotatable bonds is 8. The lowest BCUT2D eigenvalue weighted by Crippen LogP contribution is -2.42. The molecule has 0 fully saturated rings. The summed E-state index contributed by atoms with van der Waals surface area (Å²) in [6, 6.07) is 23.9. The minimum atomic E-state index is -0.479. The van der Waals surface area contributed by atoms with E-state index in [1.165, 1.54) is 23.8 Å². The molecule has 8 heteroatoms. The minimum absolute atomic E-state index is 0.200. The van der Waals surface area contributed by atoms with Crippen LogP contribution in [0.1, 0.15) is 87.5 Å². The number of carbonyl (C=O) groups is 4. The van der Waals surface area contributed by atoms with Gasteiger partial charge in [-0.3, -0.25) is 19.2 Å². The van der Waals surface area contributed by atoms with Gasteiger partial charge < -0.3 is 14.4 Å². The Hall–Kier alpha value is -5.24. The number of amides is 3. The van der Waals surface area contributed by atoms with E-state index in [0.717, 1.165) is 4.90 Å². The molecule has 0 aliphatic carbocycles. The van der Waals surface area contributed by atoms with Gasteiger partial charge in [0.2, 0.25) is 0 Å². The van der Waals surface area contributed by atoms with E-state index in [0.29, 0.717) is 40.9 Å². The highest BCUT2D eigenvalue weighted by Gasteiger charge is 2.37. The molecule has 0 radical (unpaired) electrons. The third-order valence-corrected chi connectivity index (χ3v) is 7.66. The van der Waals surface area contributed by atoms with Crippen molar-refractivity contribution in [3.8, 4) is 23.0 Å². The van der Waals surface area contributed by atoms with Crippen LogP contribution in [0.25, 0.3) is 0 Å². The van der Waals surface area contributed by atoms with Gasteiger partial charge >= 0.3 is 0 Å². The van der Waals surface area contributed by atoms with Crippen LogP contribution in [0, 0.1) is 0 Å². The average molecular weight is 591 g/mol. The van der Waals surface area contributed by atoms with Gasteiger partial charge in [-0.15, -0.1) is 0 Å².